The molecule has 0 saturated heterocycles. The molecule has 1 rings (SSSR count). The molecule has 0 aliphatic carbocycles. The van der Waals surface area contributed by atoms with Gasteiger partial charge in [-0.1, -0.05) is 13.8 Å². The molecule has 17 heavy (non-hydrogen) atoms. The van der Waals surface area contributed by atoms with Crippen LogP contribution in [0.15, 0.2) is 11.4 Å². The quantitative estimate of drug-likeness (QED) is 0.795. The second-order valence-corrected chi connectivity index (χ2v) is 4.84. The number of nitrogen functional groups attached to an aromatic ring is 1. The molecule has 1 heterocycles. The van der Waals surface area contributed by atoms with E-state index in [-0.39, 0.29) is 11.8 Å². The molecule has 0 saturated carbocycles. The lowest BCUT2D eigenvalue weighted by molar-refractivity contribution is -0.144. The van der Waals surface area contributed by atoms with E-state index in [1.54, 1.807) is 11.4 Å². The number of methoxy groups -OCH3 is 1. The van der Waals surface area contributed by atoms with Crippen molar-refractivity contribution in [2.24, 2.45) is 5.92 Å². The van der Waals surface area contributed by atoms with Gasteiger partial charge in [-0.2, -0.15) is 0 Å². The Morgan fingerprint density at radius 1 is 1.47 bits per heavy atom. The zero-order valence-corrected chi connectivity index (χ0v) is 10.8. The number of carbonyl (C=O) groups is 2. The number of carbonyl (C=O) groups excluding carboxylic acids is 2. The highest BCUT2D eigenvalue weighted by Gasteiger charge is 2.26. The van der Waals surface area contributed by atoms with Crippen LogP contribution in [-0.2, 0) is 9.53 Å². The van der Waals surface area contributed by atoms with E-state index >= 15 is 0 Å². The van der Waals surface area contributed by atoms with E-state index in [9.17, 15) is 9.59 Å². The minimum atomic E-state index is -0.658. The topological polar surface area (TPSA) is 81.4 Å². The van der Waals surface area contributed by atoms with Crippen LogP contribution in [-0.4, -0.2) is 25.0 Å². The summed E-state index contributed by atoms with van der Waals surface area (Å²) in [7, 11) is 1.30. The standard InChI is InChI=1S/C11H16N2O3S/c1-6(2)8(11(15)16-3)13-10(14)9-7(12)4-5-17-9/h4-6,8H,12H2,1-3H3,(H,13,14). The Bertz CT molecular complexity index is 415. The van der Waals surface area contributed by atoms with Gasteiger partial charge in [-0.05, 0) is 17.4 Å². The second-order valence-electron chi connectivity index (χ2n) is 3.92. The zero-order chi connectivity index (χ0) is 13.0. The molecule has 5 nitrogen and oxygen atoms in total. The summed E-state index contributed by atoms with van der Waals surface area (Å²) in [5.74, 6) is -0.849. The fourth-order valence-electron chi connectivity index (χ4n) is 1.34. The first-order valence-electron chi connectivity index (χ1n) is 5.19. The molecule has 1 unspecified atom stereocenters. The summed E-state index contributed by atoms with van der Waals surface area (Å²) in [5, 5.41) is 4.36. The summed E-state index contributed by atoms with van der Waals surface area (Å²) in [6.45, 7) is 3.67. The number of anilines is 1. The van der Waals surface area contributed by atoms with E-state index in [0.717, 1.165) is 0 Å². The van der Waals surface area contributed by atoms with E-state index in [0.29, 0.717) is 10.6 Å². The SMILES string of the molecule is COC(=O)C(NC(=O)c1sccc1N)C(C)C. The van der Waals surface area contributed by atoms with Crippen molar-refractivity contribution >= 4 is 28.9 Å². The number of nitrogens with one attached hydrogen (secondary N) is 1. The van der Waals surface area contributed by atoms with Gasteiger partial charge in [0.2, 0.25) is 0 Å². The summed E-state index contributed by atoms with van der Waals surface area (Å²) < 4.78 is 4.64. The minimum absolute atomic E-state index is 0.0485. The van der Waals surface area contributed by atoms with Gasteiger partial charge in [-0.25, -0.2) is 4.79 Å². The molecule has 0 bridgehead atoms. The molecule has 1 aromatic heterocycles. The molecule has 0 aliphatic rings. The number of hydrogen-bond acceptors (Lipinski definition) is 5. The Morgan fingerprint density at radius 3 is 2.53 bits per heavy atom. The average molecular weight is 256 g/mol. The van der Waals surface area contributed by atoms with Crippen molar-refractivity contribution in [1.29, 1.82) is 0 Å². The van der Waals surface area contributed by atoms with Crippen molar-refractivity contribution in [3.8, 4) is 0 Å². The van der Waals surface area contributed by atoms with Gasteiger partial charge < -0.3 is 15.8 Å². The monoisotopic (exact) mass is 256 g/mol. The van der Waals surface area contributed by atoms with E-state index in [1.807, 2.05) is 13.8 Å². The van der Waals surface area contributed by atoms with Crippen molar-refractivity contribution in [3.05, 3.63) is 16.3 Å². The molecule has 1 amide bonds. The lowest BCUT2D eigenvalue weighted by Gasteiger charge is -2.19. The van der Waals surface area contributed by atoms with Crippen molar-refractivity contribution in [2.75, 3.05) is 12.8 Å². The Morgan fingerprint density at radius 2 is 2.12 bits per heavy atom. The van der Waals surface area contributed by atoms with Crippen LogP contribution >= 0.6 is 11.3 Å². The third-order valence-electron chi connectivity index (χ3n) is 2.31. The maximum atomic E-state index is 11.9. The predicted molar refractivity (Wildman–Crippen MR) is 66.8 cm³/mol. The first kappa shape index (κ1) is 13.5. The molecule has 0 spiro atoms. The van der Waals surface area contributed by atoms with Gasteiger partial charge >= 0.3 is 5.97 Å². The largest absolute Gasteiger partial charge is 0.467 e. The van der Waals surface area contributed by atoms with Gasteiger partial charge in [0.1, 0.15) is 10.9 Å². The molecule has 6 heteroatoms. The van der Waals surface area contributed by atoms with Gasteiger partial charge in [0.15, 0.2) is 0 Å². The maximum absolute atomic E-state index is 11.9. The number of ether oxygens (including phenoxy) is 1. The summed E-state index contributed by atoms with van der Waals surface area (Å²) in [4.78, 5) is 23.8. The lowest BCUT2D eigenvalue weighted by atomic mass is 10.0. The number of hydrogen-bond donors (Lipinski definition) is 2. The summed E-state index contributed by atoms with van der Waals surface area (Å²) in [5.41, 5.74) is 6.05. The smallest absolute Gasteiger partial charge is 0.328 e. The fourth-order valence-corrected chi connectivity index (χ4v) is 2.06. The van der Waals surface area contributed by atoms with Gasteiger partial charge in [0.25, 0.3) is 5.91 Å². The molecule has 0 aliphatic heterocycles. The van der Waals surface area contributed by atoms with Crippen LogP contribution in [0.25, 0.3) is 0 Å². The van der Waals surface area contributed by atoms with Crippen molar-refractivity contribution in [1.82, 2.24) is 5.32 Å². The van der Waals surface area contributed by atoms with Crippen LogP contribution in [0.2, 0.25) is 0 Å². The van der Waals surface area contributed by atoms with Crippen molar-refractivity contribution < 1.29 is 14.3 Å². The van der Waals surface area contributed by atoms with Gasteiger partial charge in [0, 0.05) is 0 Å². The Labute approximate surface area is 104 Å². The molecule has 0 fully saturated rings. The minimum Gasteiger partial charge on any atom is -0.467 e. The third-order valence-corrected chi connectivity index (χ3v) is 3.24. The van der Waals surface area contributed by atoms with Crippen molar-refractivity contribution in [3.63, 3.8) is 0 Å². The lowest BCUT2D eigenvalue weighted by Crippen LogP contribution is -2.44. The average Bonchev–Trinajstić information content (AvgIpc) is 2.70. The van der Waals surface area contributed by atoms with E-state index < -0.39 is 12.0 Å². The van der Waals surface area contributed by atoms with Crippen LogP contribution < -0.4 is 11.1 Å². The van der Waals surface area contributed by atoms with E-state index in [2.05, 4.69) is 10.1 Å². The van der Waals surface area contributed by atoms with Gasteiger partial charge in [0.05, 0.1) is 12.8 Å². The normalized spacial score (nSPS) is 12.2. The van der Waals surface area contributed by atoms with Crippen molar-refractivity contribution in [2.45, 2.75) is 19.9 Å². The highest BCUT2D eigenvalue weighted by Crippen LogP contribution is 2.19. The highest BCUT2D eigenvalue weighted by atomic mass is 32.1. The summed E-state index contributed by atoms with van der Waals surface area (Å²) in [6, 6.07) is 0.997. The molecule has 94 valence electrons. The number of esters is 1. The van der Waals surface area contributed by atoms with Crippen LogP contribution in [0.1, 0.15) is 23.5 Å². The first-order chi connectivity index (χ1) is 7.97. The molecular formula is C11H16N2O3S. The van der Waals surface area contributed by atoms with Crippen LogP contribution in [0.5, 0.6) is 0 Å². The maximum Gasteiger partial charge on any atom is 0.328 e. The third kappa shape index (κ3) is 3.20. The number of amides is 1. The van der Waals surface area contributed by atoms with Gasteiger partial charge in [-0.15, -0.1) is 11.3 Å². The van der Waals surface area contributed by atoms with Crippen LogP contribution in [0.4, 0.5) is 5.69 Å². The molecule has 0 aromatic carbocycles. The number of rotatable bonds is 4. The summed E-state index contributed by atoms with van der Waals surface area (Å²) in [6.07, 6.45) is 0. The second kappa shape index (κ2) is 5.67. The van der Waals surface area contributed by atoms with E-state index in [1.165, 1.54) is 18.4 Å². The fraction of sp³-hybridized carbons (Fsp3) is 0.455. The van der Waals surface area contributed by atoms with Crippen LogP contribution in [0.3, 0.4) is 0 Å². The molecule has 1 atom stereocenters. The first-order valence-corrected chi connectivity index (χ1v) is 6.07. The highest BCUT2D eigenvalue weighted by molar-refractivity contribution is 7.12. The van der Waals surface area contributed by atoms with E-state index in [4.69, 9.17) is 5.73 Å². The Balaban J connectivity index is 2.78. The molecule has 3 N–H and O–H groups in total. The number of nitrogens with two attached hydrogens (primary N) is 1. The molecular weight excluding hydrogens is 240 g/mol. The number of thiophene rings is 1. The molecule has 0 radical (unpaired) electrons. The predicted octanol–water partition coefficient (Wildman–Crippen LogP) is 1.26. The summed E-state index contributed by atoms with van der Waals surface area (Å²) >= 11 is 1.24. The zero-order valence-electron chi connectivity index (χ0n) is 10.0. The van der Waals surface area contributed by atoms with Crippen LogP contribution in [0, 0.1) is 5.92 Å². The Kier molecular flexibility index (Phi) is 4.51. The van der Waals surface area contributed by atoms with Gasteiger partial charge in [-0.3, -0.25) is 4.79 Å². The molecule has 1 aromatic rings. The Hall–Kier alpha value is -1.56.